The molecular weight excluding hydrogens is 430 g/mol. The van der Waals surface area contributed by atoms with E-state index in [0.29, 0.717) is 33.5 Å². The van der Waals surface area contributed by atoms with Crippen LogP contribution in [0.1, 0.15) is 17.9 Å². The van der Waals surface area contributed by atoms with Crippen LogP contribution in [-0.4, -0.2) is 38.9 Å². The van der Waals surface area contributed by atoms with Crippen molar-refractivity contribution in [3.05, 3.63) is 58.6 Å². The first-order chi connectivity index (χ1) is 15.5. The number of anilines is 1. The van der Waals surface area contributed by atoms with Crippen molar-refractivity contribution in [1.82, 2.24) is 5.32 Å². The molecule has 1 aliphatic heterocycles. The van der Waals surface area contributed by atoms with Crippen molar-refractivity contribution in [3.63, 3.8) is 0 Å². The highest BCUT2D eigenvalue weighted by Gasteiger charge is 2.30. The summed E-state index contributed by atoms with van der Waals surface area (Å²) in [6.07, 6.45) is 0.125. The Morgan fingerprint density at radius 2 is 1.84 bits per heavy atom. The zero-order valence-electron chi connectivity index (χ0n) is 17.9. The van der Waals surface area contributed by atoms with E-state index >= 15 is 0 Å². The second-order valence-electron chi connectivity index (χ2n) is 6.84. The van der Waals surface area contributed by atoms with Gasteiger partial charge >= 0.3 is 0 Å². The van der Waals surface area contributed by atoms with Crippen LogP contribution in [-0.2, 0) is 9.59 Å². The summed E-state index contributed by atoms with van der Waals surface area (Å²) in [7, 11) is 4.63. The molecule has 0 spiro atoms. The van der Waals surface area contributed by atoms with Crippen molar-refractivity contribution in [2.45, 2.75) is 12.3 Å². The van der Waals surface area contributed by atoms with Gasteiger partial charge in [-0.05, 0) is 42.0 Å². The highest BCUT2D eigenvalue weighted by atomic mass is 32.2. The van der Waals surface area contributed by atoms with Crippen molar-refractivity contribution in [2.24, 2.45) is 0 Å². The SMILES string of the molecule is COc1ccc(NC(=O)CSC2=C(C#N)[C@@H](c3ccc(OC)c(OC)c3)CC(=O)N2)cc1. The Balaban J connectivity index is 1.76. The summed E-state index contributed by atoms with van der Waals surface area (Å²) >= 11 is 1.12. The predicted octanol–water partition coefficient (Wildman–Crippen LogP) is 3.42. The van der Waals surface area contributed by atoms with Crippen molar-refractivity contribution >= 4 is 29.3 Å². The molecule has 1 atom stereocenters. The van der Waals surface area contributed by atoms with Gasteiger partial charge in [-0.2, -0.15) is 5.26 Å². The van der Waals surface area contributed by atoms with Crippen LogP contribution in [0.5, 0.6) is 17.2 Å². The van der Waals surface area contributed by atoms with Crippen molar-refractivity contribution in [3.8, 4) is 23.3 Å². The van der Waals surface area contributed by atoms with Gasteiger partial charge in [-0.3, -0.25) is 9.59 Å². The van der Waals surface area contributed by atoms with Gasteiger partial charge in [0.05, 0.1) is 43.8 Å². The molecule has 3 rings (SSSR count). The van der Waals surface area contributed by atoms with Crippen LogP contribution in [0.2, 0.25) is 0 Å². The number of thioether (sulfide) groups is 1. The number of hydrogen-bond donors (Lipinski definition) is 2. The zero-order valence-corrected chi connectivity index (χ0v) is 18.7. The first-order valence-corrected chi connectivity index (χ1v) is 10.7. The van der Waals surface area contributed by atoms with Gasteiger partial charge in [-0.25, -0.2) is 0 Å². The van der Waals surface area contributed by atoms with Crippen molar-refractivity contribution in [1.29, 1.82) is 5.26 Å². The molecular formula is C23H23N3O5S. The Morgan fingerprint density at radius 3 is 2.47 bits per heavy atom. The van der Waals surface area contributed by atoms with Crippen LogP contribution in [0, 0.1) is 11.3 Å². The molecule has 0 unspecified atom stereocenters. The van der Waals surface area contributed by atoms with Gasteiger partial charge < -0.3 is 24.8 Å². The summed E-state index contributed by atoms with van der Waals surface area (Å²) in [5.74, 6) is 0.873. The molecule has 9 heteroatoms. The molecule has 8 nitrogen and oxygen atoms in total. The predicted molar refractivity (Wildman–Crippen MR) is 122 cm³/mol. The molecule has 0 saturated carbocycles. The van der Waals surface area contributed by atoms with Crippen LogP contribution in [0.3, 0.4) is 0 Å². The summed E-state index contributed by atoms with van der Waals surface area (Å²) in [6, 6.07) is 14.5. The average Bonchev–Trinajstić information content (AvgIpc) is 2.82. The third-order valence-corrected chi connectivity index (χ3v) is 5.90. The summed E-state index contributed by atoms with van der Waals surface area (Å²) < 4.78 is 15.7. The number of hydrogen-bond acceptors (Lipinski definition) is 7. The number of benzene rings is 2. The minimum Gasteiger partial charge on any atom is -0.497 e. The molecule has 2 N–H and O–H groups in total. The monoisotopic (exact) mass is 453 g/mol. The minimum atomic E-state index is -0.444. The molecule has 1 aliphatic rings. The molecule has 1 heterocycles. The lowest BCUT2D eigenvalue weighted by molar-refractivity contribution is -0.121. The van der Waals surface area contributed by atoms with Crippen molar-refractivity contribution in [2.75, 3.05) is 32.4 Å². The standard InChI is InChI=1S/C23H23N3O5S/c1-29-16-7-5-15(6-8-16)25-22(28)13-32-23-18(12-24)17(11-21(27)26-23)14-4-9-19(30-2)20(10-14)31-3/h4-10,17H,11,13H2,1-3H3,(H,25,28)(H,26,27)/t17-/m1/s1. The van der Waals surface area contributed by atoms with Gasteiger partial charge in [0.1, 0.15) is 5.75 Å². The minimum absolute atomic E-state index is 0.0332. The van der Waals surface area contributed by atoms with E-state index in [-0.39, 0.29) is 24.0 Å². The van der Waals surface area contributed by atoms with Gasteiger partial charge in [-0.15, -0.1) is 0 Å². The Labute approximate surface area is 190 Å². The fraction of sp³-hybridized carbons (Fsp3) is 0.261. The molecule has 0 radical (unpaired) electrons. The summed E-state index contributed by atoms with van der Waals surface area (Å²) in [5, 5.41) is 15.7. The third-order valence-electron chi connectivity index (χ3n) is 4.89. The molecule has 0 saturated heterocycles. The number of carbonyl (C=O) groups is 2. The molecule has 32 heavy (non-hydrogen) atoms. The fourth-order valence-electron chi connectivity index (χ4n) is 3.30. The second-order valence-corrected chi connectivity index (χ2v) is 7.82. The second kappa shape index (κ2) is 10.6. The normalized spacial score (nSPS) is 15.4. The number of ether oxygens (including phenoxy) is 3. The Morgan fingerprint density at radius 1 is 1.12 bits per heavy atom. The van der Waals surface area contributed by atoms with E-state index in [4.69, 9.17) is 14.2 Å². The maximum Gasteiger partial charge on any atom is 0.234 e. The van der Waals surface area contributed by atoms with Gasteiger partial charge in [0.15, 0.2) is 11.5 Å². The number of nitrogens with one attached hydrogen (secondary N) is 2. The Bertz CT molecular complexity index is 1080. The Kier molecular flexibility index (Phi) is 7.63. The van der Waals surface area contributed by atoms with Crippen LogP contribution >= 0.6 is 11.8 Å². The lowest BCUT2D eigenvalue weighted by Crippen LogP contribution is -2.31. The molecule has 2 amide bonds. The van der Waals surface area contributed by atoms with Crippen molar-refractivity contribution < 1.29 is 23.8 Å². The Hall–Kier alpha value is -3.64. The lowest BCUT2D eigenvalue weighted by atomic mass is 9.87. The van der Waals surface area contributed by atoms with Crippen LogP contribution in [0.25, 0.3) is 0 Å². The topological polar surface area (TPSA) is 110 Å². The number of nitrogens with zero attached hydrogens (tertiary/aromatic N) is 1. The van der Waals surface area contributed by atoms with E-state index in [2.05, 4.69) is 16.7 Å². The highest BCUT2D eigenvalue weighted by Crippen LogP contribution is 2.39. The van der Waals surface area contributed by atoms with E-state index in [9.17, 15) is 14.9 Å². The number of amides is 2. The summed E-state index contributed by atoms with van der Waals surface area (Å²) in [4.78, 5) is 24.7. The van der Waals surface area contributed by atoms with Gasteiger partial charge in [0.25, 0.3) is 0 Å². The quantitative estimate of drug-likeness (QED) is 0.630. The fourth-order valence-corrected chi connectivity index (χ4v) is 4.17. The van der Waals surface area contributed by atoms with E-state index in [1.54, 1.807) is 49.6 Å². The molecule has 2 aromatic rings. The average molecular weight is 454 g/mol. The third kappa shape index (κ3) is 5.34. The number of nitriles is 1. The summed E-state index contributed by atoms with van der Waals surface area (Å²) in [6.45, 7) is 0. The largest absolute Gasteiger partial charge is 0.497 e. The molecule has 2 aromatic carbocycles. The van der Waals surface area contributed by atoms with Crippen LogP contribution in [0.4, 0.5) is 5.69 Å². The number of allylic oxidation sites excluding steroid dienone is 1. The first kappa shape index (κ1) is 23.0. The molecule has 0 fully saturated rings. The van der Waals surface area contributed by atoms with Crippen LogP contribution < -0.4 is 24.8 Å². The lowest BCUT2D eigenvalue weighted by Gasteiger charge is -2.25. The number of carbonyl (C=O) groups excluding carboxylic acids is 2. The van der Waals surface area contributed by atoms with E-state index in [1.807, 2.05) is 0 Å². The maximum atomic E-state index is 12.4. The number of rotatable bonds is 8. The van der Waals surface area contributed by atoms with E-state index < -0.39 is 5.92 Å². The van der Waals surface area contributed by atoms with Gasteiger partial charge in [0.2, 0.25) is 11.8 Å². The smallest absolute Gasteiger partial charge is 0.234 e. The van der Waals surface area contributed by atoms with Crippen LogP contribution in [0.15, 0.2) is 53.1 Å². The first-order valence-electron chi connectivity index (χ1n) is 9.71. The molecule has 166 valence electrons. The van der Waals surface area contributed by atoms with E-state index in [0.717, 1.165) is 17.3 Å². The molecule has 0 aliphatic carbocycles. The zero-order chi connectivity index (χ0) is 23.1. The van der Waals surface area contributed by atoms with E-state index in [1.165, 1.54) is 14.2 Å². The molecule has 0 aromatic heterocycles. The number of methoxy groups -OCH3 is 3. The summed E-state index contributed by atoms with van der Waals surface area (Å²) in [5.41, 5.74) is 1.79. The van der Waals surface area contributed by atoms with Gasteiger partial charge in [-0.1, -0.05) is 17.8 Å². The molecule has 0 bridgehead atoms. The highest BCUT2D eigenvalue weighted by molar-refractivity contribution is 8.03. The maximum absolute atomic E-state index is 12.4. The van der Waals surface area contributed by atoms with Gasteiger partial charge in [0, 0.05) is 18.0 Å².